The highest BCUT2D eigenvalue weighted by Gasteiger charge is 2.05. The first-order valence-electron chi connectivity index (χ1n) is 6.38. The third-order valence-corrected chi connectivity index (χ3v) is 2.79. The van der Waals surface area contributed by atoms with Gasteiger partial charge in [0, 0.05) is 11.3 Å². The highest BCUT2D eigenvalue weighted by molar-refractivity contribution is 5.51. The van der Waals surface area contributed by atoms with Gasteiger partial charge in [-0.3, -0.25) is 0 Å². The van der Waals surface area contributed by atoms with Crippen LogP contribution < -0.4 is 10.1 Å². The van der Waals surface area contributed by atoms with Crippen LogP contribution in [0.4, 0.5) is 5.69 Å². The molecule has 2 rings (SSSR count). The number of aliphatic hydroxyl groups excluding tert-OH is 1. The lowest BCUT2D eigenvalue weighted by Crippen LogP contribution is -2.01. The lowest BCUT2D eigenvalue weighted by atomic mass is 10.2. The molecule has 0 aliphatic rings. The molecule has 19 heavy (non-hydrogen) atoms. The topological polar surface area (TPSA) is 54.6 Å². The number of anilines is 1. The Labute approximate surface area is 113 Å². The van der Waals surface area contributed by atoms with Crippen LogP contribution in [-0.2, 0) is 13.2 Å². The van der Waals surface area contributed by atoms with Crippen molar-refractivity contribution in [3.8, 4) is 5.75 Å². The Morgan fingerprint density at radius 2 is 2.11 bits per heavy atom. The number of hydrogen-bond acceptors (Lipinski definition) is 4. The predicted molar refractivity (Wildman–Crippen MR) is 74.3 cm³/mol. The molecule has 0 amide bonds. The van der Waals surface area contributed by atoms with Crippen molar-refractivity contribution in [1.82, 2.24) is 0 Å². The standard InChI is InChI=1S/C15H19NO3/c1-3-18-15-7-5-13(8-12(15)10-17)16-9-14-6-4-11(2)19-14/h4-8,16-17H,3,9-10H2,1-2H3. The molecule has 0 aliphatic carbocycles. The number of ether oxygens (including phenoxy) is 1. The van der Waals surface area contributed by atoms with Crippen molar-refractivity contribution < 1.29 is 14.3 Å². The van der Waals surface area contributed by atoms with E-state index in [9.17, 15) is 5.11 Å². The summed E-state index contributed by atoms with van der Waals surface area (Å²) in [5, 5.41) is 12.6. The van der Waals surface area contributed by atoms with Crippen molar-refractivity contribution in [2.75, 3.05) is 11.9 Å². The van der Waals surface area contributed by atoms with Gasteiger partial charge in [0.1, 0.15) is 17.3 Å². The first-order valence-corrected chi connectivity index (χ1v) is 6.38. The highest BCUT2D eigenvalue weighted by atomic mass is 16.5. The van der Waals surface area contributed by atoms with Gasteiger partial charge in [-0.05, 0) is 44.2 Å². The first kappa shape index (κ1) is 13.5. The molecule has 4 heteroatoms. The molecular formula is C15H19NO3. The molecule has 0 spiro atoms. The largest absolute Gasteiger partial charge is 0.494 e. The first-order chi connectivity index (χ1) is 9.22. The van der Waals surface area contributed by atoms with Crippen LogP contribution in [-0.4, -0.2) is 11.7 Å². The van der Waals surface area contributed by atoms with Gasteiger partial charge in [0.25, 0.3) is 0 Å². The number of rotatable bonds is 6. The third-order valence-electron chi connectivity index (χ3n) is 2.79. The summed E-state index contributed by atoms with van der Waals surface area (Å²) < 4.78 is 10.9. The summed E-state index contributed by atoms with van der Waals surface area (Å²) in [6.45, 7) is 5.01. The van der Waals surface area contributed by atoms with Crippen LogP contribution >= 0.6 is 0 Å². The molecule has 0 atom stereocenters. The molecule has 2 N–H and O–H groups in total. The number of furan rings is 1. The van der Waals surface area contributed by atoms with Crippen LogP contribution in [0.3, 0.4) is 0 Å². The minimum Gasteiger partial charge on any atom is -0.494 e. The molecule has 1 heterocycles. The SMILES string of the molecule is CCOc1ccc(NCc2ccc(C)o2)cc1CO. The molecule has 0 unspecified atom stereocenters. The van der Waals surface area contributed by atoms with Crippen LogP contribution in [0.25, 0.3) is 0 Å². The second-order valence-electron chi connectivity index (χ2n) is 4.28. The summed E-state index contributed by atoms with van der Waals surface area (Å²) in [6.07, 6.45) is 0. The Morgan fingerprint density at radius 3 is 2.74 bits per heavy atom. The number of benzene rings is 1. The minimum atomic E-state index is -0.0370. The number of hydrogen-bond donors (Lipinski definition) is 2. The van der Waals surface area contributed by atoms with E-state index in [1.165, 1.54) is 0 Å². The highest BCUT2D eigenvalue weighted by Crippen LogP contribution is 2.23. The normalized spacial score (nSPS) is 10.5. The lowest BCUT2D eigenvalue weighted by molar-refractivity contribution is 0.267. The molecule has 2 aromatic rings. The summed E-state index contributed by atoms with van der Waals surface area (Å²) in [5.74, 6) is 2.51. The van der Waals surface area contributed by atoms with E-state index in [-0.39, 0.29) is 6.61 Å². The second-order valence-corrected chi connectivity index (χ2v) is 4.28. The Balaban J connectivity index is 2.04. The van der Waals surface area contributed by atoms with Gasteiger partial charge in [-0.2, -0.15) is 0 Å². The molecule has 0 radical (unpaired) electrons. The quantitative estimate of drug-likeness (QED) is 0.839. The van der Waals surface area contributed by atoms with Crippen molar-refractivity contribution in [3.63, 3.8) is 0 Å². The molecule has 4 nitrogen and oxygen atoms in total. The molecule has 102 valence electrons. The van der Waals surface area contributed by atoms with E-state index in [1.54, 1.807) is 0 Å². The summed E-state index contributed by atoms with van der Waals surface area (Å²) in [4.78, 5) is 0. The van der Waals surface area contributed by atoms with Gasteiger partial charge in [0.05, 0.1) is 19.8 Å². The summed E-state index contributed by atoms with van der Waals surface area (Å²) >= 11 is 0. The fraction of sp³-hybridized carbons (Fsp3) is 0.333. The van der Waals surface area contributed by atoms with Gasteiger partial charge < -0.3 is 19.6 Å². The van der Waals surface area contributed by atoms with E-state index in [0.717, 1.165) is 28.5 Å². The minimum absolute atomic E-state index is 0.0370. The summed E-state index contributed by atoms with van der Waals surface area (Å²) in [5.41, 5.74) is 1.71. The number of aliphatic hydroxyl groups is 1. The van der Waals surface area contributed by atoms with E-state index in [2.05, 4.69) is 5.32 Å². The molecule has 0 fully saturated rings. The van der Waals surface area contributed by atoms with E-state index >= 15 is 0 Å². The van der Waals surface area contributed by atoms with Crippen LogP contribution in [0.5, 0.6) is 5.75 Å². The Bertz CT molecular complexity index is 534. The molecule has 0 saturated carbocycles. The van der Waals surface area contributed by atoms with Crippen molar-refractivity contribution in [2.24, 2.45) is 0 Å². The van der Waals surface area contributed by atoms with Gasteiger partial charge in [-0.15, -0.1) is 0 Å². The molecule has 0 aliphatic heterocycles. The predicted octanol–water partition coefficient (Wildman–Crippen LogP) is 3.09. The van der Waals surface area contributed by atoms with Gasteiger partial charge >= 0.3 is 0 Å². The number of aryl methyl sites for hydroxylation is 1. The fourth-order valence-electron chi connectivity index (χ4n) is 1.88. The van der Waals surface area contributed by atoms with Crippen molar-refractivity contribution in [1.29, 1.82) is 0 Å². The zero-order valence-electron chi connectivity index (χ0n) is 11.3. The Hall–Kier alpha value is -1.94. The van der Waals surface area contributed by atoms with Crippen LogP contribution in [0.1, 0.15) is 24.0 Å². The molecule has 0 bridgehead atoms. The molecule has 0 saturated heterocycles. The van der Waals surface area contributed by atoms with Gasteiger partial charge in [-0.25, -0.2) is 0 Å². The molecule has 1 aromatic heterocycles. The van der Waals surface area contributed by atoms with Gasteiger partial charge in [0.15, 0.2) is 0 Å². The van der Waals surface area contributed by atoms with Gasteiger partial charge in [0.2, 0.25) is 0 Å². The average molecular weight is 261 g/mol. The van der Waals surface area contributed by atoms with E-state index < -0.39 is 0 Å². The van der Waals surface area contributed by atoms with E-state index in [0.29, 0.717) is 13.2 Å². The number of nitrogens with one attached hydrogen (secondary N) is 1. The Kier molecular flexibility index (Phi) is 4.47. The van der Waals surface area contributed by atoms with Crippen LogP contribution in [0, 0.1) is 6.92 Å². The zero-order chi connectivity index (χ0) is 13.7. The maximum Gasteiger partial charge on any atom is 0.124 e. The van der Waals surface area contributed by atoms with Crippen molar-refractivity contribution in [2.45, 2.75) is 27.0 Å². The van der Waals surface area contributed by atoms with Crippen molar-refractivity contribution in [3.05, 3.63) is 47.4 Å². The average Bonchev–Trinajstić information content (AvgIpc) is 2.83. The Morgan fingerprint density at radius 1 is 1.26 bits per heavy atom. The van der Waals surface area contributed by atoms with Crippen LogP contribution in [0.15, 0.2) is 34.7 Å². The van der Waals surface area contributed by atoms with Crippen molar-refractivity contribution >= 4 is 5.69 Å². The summed E-state index contributed by atoms with van der Waals surface area (Å²) in [6, 6.07) is 9.57. The lowest BCUT2D eigenvalue weighted by Gasteiger charge is -2.11. The van der Waals surface area contributed by atoms with E-state index in [1.807, 2.05) is 44.2 Å². The smallest absolute Gasteiger partial charge is 0.124 e. The zero-order valence-corrected chi connectivity index (χ0v) is 11.3. The monoisotopic (exact) mass is 261 g/mol. The molecule has 1 aromatic carbocycles. The third kappa shape index (κ3) is 3.51. The van der Waals surface area contributed by atoms with Crippen LogP contribution in [0.2, 0.25) is 0 Å². The molecular weight excluding hydrogens is 242 g/mol. The summed E-state index contributed by atoms with van der Waals surface area (Å²) in [7, 11) is 0. The fourth-order valence-corrected chi connectivity index (χ4v) is 1.88. The van der Waals surface area contributed by atoms with Gasteiger partial charge in [-0.1, -0.05) is 0 Å². The van der Waals surface area contributed by atoms with E-state index in [4.69, 9.17) is 9.15 Å². The second kappa shape index (κ2) is 6.29. The maximum absolute atomic E-state index is 9.33. The maximum atomic E-state index is 9.33.